The fraction of sp³-hybridized carbons (Fsp3) is 0.400. The Morgan fingerprint density at radius 2 is 2.21 bits per heavy atom. The van der Waals surface area contributed by atoms with Crippen molar-refractivity contribution in [2.24, 2.45) is 5.92 Å². The summed E-state index contributed by atoms with van der Waals surface area (Å²) in [5.74, 6) is 0.120. The molecule has 1 amide bonds. The van der Waals surface area contributed by atoms with Gasteiger partial charge < -0.3 is 15.4 Å². The molecule has 19 heavy (non-hydrogen) atoms. The van der Waals surface area contributed by atoms with Gasteiger partial charge in [0.2, 0.25) is 0 Å². The Bertz CT molecular complexity index is 558. The van der Waals surface area contributed by atoms with Gasteiger partial charge in [-0.2, -0.15) is 0 Å². The molecule has 3 rings (SSSR count). The first-order chi connectivity index (χ1) is 9.28. The summed E-state index contributed by atoms with van der Waals surface area (Å²) in [6, 6.07) is 9.81. The van der Waals surface area contributed by atoms with Gasteiger partial charge in [-0.3, -0.25) is 4.79 Å². The summed E-state index contributed by atoms with van der Waals surface area (Å²) in [5, 5.41) is 13.3. The van der Waals surface area contributed by atoms with E-state index in [1.807, 2.05) is 30.3 Å². The van der Waals surface area contributed by atoms with Crippen LogP contribution in [-0.2, 0) is 0 Å². The number of rotatable bonds is 3. The van der Waals surface area contributed by atoms with Gasteiger partial charge >= 0.3 is 0 Å². The number of aliphatic hydroxyl groups is 1. The third kappa shape index (κ3) is 2.36. The number of benzene rings is 1. The van der Waals surface area contributed by atoms with Crippen LogP contribution in [0.1, 0.15) is 29.8 Å². The van der Waals surface area contributed by atoms with E-state index in [1.54, 1.807) is 0 Å². The minimum atomic E-state index is -0.0819. The predicted molar refractivity (Wildman–Crippen MR) is 74.0 cm³/mol. The number of nitrogens with one attached hydrogen (secondary N) is 2. The number of para-hydroxylation sites is 1. The third-order valence-electron chi connectivity index (χ3n) is 3.98. The third-order valence-corrected chi connectivity index (χ3v) is 3.98. The lowest BCUT2D eigenvalue weighted by molar-refractivity contribution is 0.0912. The first kappa shape index (κ1) is 12.2. The molecule has 1 aliphatic rings. The van der Waals surface area contributed by atoms with E-state index in [0.29, 0.717) is 5.69 Å². The van der Waals surface area contributed by atoms with Crippen LogP contribution in [0.15, 0.2) is 30.3 Å². The quantitative estimate of drug-likeness (QED) is 0.789. The summed E-state index contributed by atoms with van der Waals surface area (Å²) in [5.41, 5.74) is 1.56. The normalized spacial score (nSPS) is 22.8. The van der Waals surface area contributed by atoms with Crippen LogP contribution >= 0.6 is 0 Å². The van der Waals surface area contributed by atoms with Crippen molar-refractivity contribution in [1.82, 2.24) is 10.3 Å². The number of aliphatic hydroxyl groups excluding tert-OH is 1. The van der Waals surface area contributed by atoms with Crippen molar-refractivity contribution < 1.29 is 9.90 Å². The standard InChI is InChI=1S/C15H18N2O2/c18-9-11-5-3-7-13(11)17-15(19)14-8-10-4-1-2-6-12(10)16-14/h1-2,4,6,8,11,13,16,18H,3,5,7,9H2,(H,17,19). The van der Waals surface area contributed by atoms with Gasteiger partial charge in [-0.15, -0.1) is 0 Å². The van der Waals surface area contributed by atoms with E-state index in [2.05, 4.69) is 10.3 Å². The zero-order valence-corrected chi connectivity index (χ0v) is 10.7. The van der Waals surface area contributed by atoms with Crippen molar-refractivity contribution in [3.63, 3.8) is 0 Å². The molecule has 1 heterocycles. The second kappa shape index (κ2) is 5.05. The summed E-state index contributed by atoms with van der Waals surface area (Å²) in [6.45, 7) is 0.150. The molecule has 3 N–H and O–H groups in total. The molecule has 0 spiro atoms. The zero-order chi connectivity index (χ0) is 13.2. The van der Waals surface area contributed by atoms with Crippen molar-refractivity contribution in [3.8, 4) is 0 Å². The van der Waals surface area contributed by atoms with E-state index in [4.69, 9.17) is 0 Å². The Morgan fingerprint density at radius 1 is 1.37 bits per heavy atom. The van der Waals surface area contributed by atoms with Crippen LogP contribution in [0.2, 0.25) is 0 Å². The fourth-order valence-electron chi connectivity index (χ4n) is 2.89. The van der Waals surface area contributed by atoms with Gasteiger partial charge in [-0.1, -0.05) is 24.6 Å². The molecule has 0 bridgehead atoms. The Kier molecular flexibility index (Phi) is 3.25. The van der Waals surface area contributed by atoms with Crippen LogP contribution < -0.4 is 5.32 Å². The van der Waals surface area contributed by atoms with Gasteiger partial charge in [0.05, 0.1) is 0 Å². The summed E-state index contributed by atoms with van der Waals surface area (Å²) in [6.07, 6.45) is 3.02. The first-order valence-corrected chi connectivity index (χ1v) is 6.77. The number of H-pyrrole nitrogens is 1. The average Bonchev–Trinajstić information content (AvgIpc) is 3.03. The Morgan fingerprint density at radius 3 is 3.00 bits per heavy atom. The number of fused-ring (bicyclic) bond motifs is 1. The number of amides is 1. The van der Waals surface area contributed by atoms with Crippen LogP contribution in [0.4, 0.5) is 0 Å². The Hall–Kier alpha value is -1.81. The topological polar surface area (TPSA) is 65.1 Å². The molecule has 0 radical (unpaired) electrons. The fourth-order valence-corrected chi connectivity index (χ4v) is 2.89. The number of hydrogen-bond donors (Lipinski definition) is 3. The highest BCUT2D eigenvalue weighted by Gasteiger charge is 2.28. The van der Waals surface area contributed by atoms with Crippen LogP contribution in [-0.4, -0.2) is 28.6 Å². The van der Waals surface area contributed by atoms with Crippen molar-refractivity contribution >= 4 is 16.8 Å². The molecule has 2 aromatic rings. The van der Waals surface area contributed by atoms with E-state index in [-0.39, 0.29) is 24.5 Å². The SMILES string of the molecule is O=C(NC1CCCC1CO)c1cc2ccccc2[nH]1. The van der Waals surface area contributed by atoms with E-state index < -0.39 is 0 Å². The molecular weight excluding hydrogens is 240 g/mol. The van der Waals surface area contributed by atoms with Gasteiger partial charge in [0.25, 0.3) is 5.91 Å². The van der Waals surface area contributed by atoms with E-state index in [0.717, 1.165) is 30.2 Å². The molecule has 2 unspecified atom stereocenters. The van der Waals surface area contributed by atoms with Gasteiger partial charge in [-0.05, 0) is 25.0 Å². The highest BCUT2D eigenvalue weighted by molar-refractivity contribution is 5.98. The maximum absolute atomic E-state index is 12.2. The van der Waals surface area contributed by atoms with Crippen molar-refractivity contribution in [3.05, 3.63) is 36.0 Å². The lowest BCUT2D eigenvalue weighted by Crippen LogP contribution is -2.38. The van der Waals surface area contributed by atoms with Crippen LogP contribution in [0.5, 0.6) is 0 Å². The molecule has 1 aromatic carbocycles. The molecule has 4 nitrogen and oxygen atoms in total. The number of carbonyl (C=O) groups excluding carboxylic acids is 1. The Labute approximate surface area is 111 Å². The molecule has 1 aromatic heterocycles. The summed E-state index contributed by atoms with van der Waals surface area (Å²) in [4.78, 5) is 15.3. The molecule has 2 atom stereocenters. The molecule has 0 saturated heterocycles. The lowest BCUT2D eigenvalue weighted by atomic mass is 10.1. The van der Waals surface area contributed by atoms with E-state index >= 15 is 0 Å². The van der Waals surface area contributed by atoms with Crippen molar-refractivity contribution in [2.45, 2.75) is 25.3 Å². The molecule has 100 valence electrons. The first-order valence-electron chi connectivity index (χ1n) is 6.77. The molecule has 4 heteroatoms. The summed E-state index contributed by atoms with van der Waals surface area (Å²) in [7, 11) is 0. The highest BCUT2D eigenvalue weighted by atomic mass is 16.3. The maximum Gasteiger partial charge on any atom is 0.267 e. The number of hydrogen-bond acceptors (Lipinski definition) is 2. The molecular formula is C15H18N2O2. The molecule has 1 fully saturated rings. The second-order valence-electron chi connectivity index (χ2n) is 5.22. The predicted octanol–water partition coefficient (Wildman–Crippen LogP) is 2.06. The molecule has 1 aliphatic carbocycles. The van der Waals surface area contributed by atoms with Crippen molar-refractivity contribution in [1.29, 1.82) is 0 Å². The lowest BCUT2D eigenvalue weighted by Gasteiger charge is -2.18. The second-order valence-corrected chi connectivity index (χ2v) is 5.22. The van der Waals surface area contributed by atoms with Gasteiger partial charge in [0.1, 0.15) is 5.69 Å². The van der Waals surface area contributed by atoms with Crippen LogP contribution in [0.3, 0.4) is 0 Å². The zero-order valence-electron chi connectivity index (χ0n) is 10.7. The molecule has 1 saturated carbocycles. The number of aromatic nitrogens is 1. The average molecular weight is 258 g/mol. The smallest absolute Gasteiger partial charge is 0.267 e. The van der Waals surface area contributed by atoms with Crippen LogP contribution in [0.25, 0.3) is 10.9 Å². The monoisotopic (exact) mass is 258 g/mol. The summed E-state index contributed by atoms with van der Waals surface area (Å²) >= 11 is 0. The van der Waals surface area contributed by atoms with E-state index in [1.165, 1.54) is 0 Å². The summed E-state index contributed by atoms with van der Waals surface area (Å²) < 4.78 is 0. The number of carbonyl (C=O) groups is 1. The minimum absolute atomic E-state index is 0.0819. The van der Waals surface area contributed by atoms with E-state index in [9.17, 15) is 9.90 Å². The Balaban J connectivity index is 1.76. The highest BCUT2D eigenvalue weighted by Crippen LogP contribution is 2.25. The largest absolute Gasteiger partial charge is 0.396 e. The minimum Gasteiger partial charge on any atom is -0.396 e. The van der Waals surface area contributed by atoms with Crippen LogP contribution in [0, 0.1) is 5.92 Å². The van der Waals surface area contributed by atoms with Crippen molar-refractivity contribution in [2.75, 3.05) is 6.61 Å². The molecule has 0 aliphatic heterocycles. The van der Waals surface area contributed by atoms with Gasteiger partial charge in [0.15, 0.2) is 0 Å². The maximum atomic E-state index is 12.2. The van der Waals surface area contributed by atoms with Gasteiger partial charge in [-0.25, -0.2) is 0 Å². The number of aromatic amines is 1. The van der Waals surface area contributed by atoms with Gasteiger partial charge in [0, 0.05) is 29.5 Å².